The first-order valence-corrected chi connectivity index (χ1v) is 11.1. The number of aromatic nitrogens is 1. The number of ether oxygens (including phenoxy) is 2. The van der Waals surface area contributed by atoms with Gasteiger partial charge >= 0.3 is 6.03 Å². The fourth-order valence-electron chi connectivity index (χ4n) is 3.77. The number of hydrogen-bond acceptors (Lipinski definition) is 5. The largest absolute Gasteiger partial charge is 0.497 e. The zero-order valence-corrected chi connectivity index (χ0v) is 19.8. The molecule has 0 spiro atoms. The molecule has 9 nitrogen and oxygen atoms in total. The number of amides is 3. The third-order valence-electron chi connectivity index (χ3n) is 5.61. The summed E-state index contributed by atoms with van der Waals surface area (Å²) in [5, 5.41) is 9.06. The number of hydrazone groups is 1. The molecule has 1 aliphatic heterocycles. The van der Waals surface area contributed by atoms with E-state index in [1.165, 1.54) is 9.91 Å². The van der Waals surface area contributed by atoms with Crippen molar-refractivity contribution in [2.45, 2.75) is 25.8 Å². The van der Waals surface area contributed by atoms with E-state index in [9.17, 15) is 9.59 Å². The van der Waals surface area contributed by atoms with E-state index in [0.29, 0.717) is 26.1 Å². The van der Waals surface area contributed by atoms with Crippen molar-refractivity contribution in [1.29, 1.82) is 0 Å². The van der Waals surface area contributed by atoms with Gasteiger partial charge < -0.3 is 24.3 Å². The van der Waals surface area contributed by atoms with Crippen molar-refractivity contribution in [2.24, 2.45) is 12.1 Å². The number of nitrogens with one attached hydrogen (secondary N) is 1. The molecule has 0 radical (unpaired) electrons. The van der Waals surface area contributed by atoms with Gasteiger partial charge in [0.2, 0.25) is 0 Å². The Labute approximate surface area is 194 Å². The Balaban J connectivity index is 1.86. The van der Waals surface area contributed by atoms with Gasteiger partial charge in [0.05, 0.1) is 31.2 Å². The van der Waals surface area contributed by atoms with E-state index in [4.69, 9.17) is 14.6 Å². The van der Waals surface area contributed by atoms with Crippen LogP contribution in [0.25, 0.3) is 0 Å². The number of rotatable bonds is 10. The standard InChI is InChI=1S/C24H33N5O4/c1-5-12-25-24(31)28(14-15-32-3)17-23(30)29-22(18-8-10-19(33-4)11-9-18)16-20(26-29)21-7-6-13-27(21)2/h6-11,13,22H,5,12,14-17H2,1-4H3,(H,25,31). The zero-order chi connectivity index (χ0) is 23.8. The molecule has 33 heavy (non-hydrogen) atoms. The average molecular weight is 456 g/mol. The maximum absolute atomic E-state index is 13.4. The second-order valence-electron chi connectivity index (χ2n) is 7.93. The van der Waals surface area contributed by atoms with Crippen molar-refractivity contribution in [3.05, 3.63) is 53.9 Å². The van der Waals surface area contributed by atoms with Crippen LogP contribution in [0.15, 0.2) is 47.7 Å². The summed E-state index contributed by atoms with van der Waals surface area (Å²) >= 11 is 0. The highest BCUT2D eigenvalue weighted by atomic mass is 16.5. The molecule has 3 amide bonds. The molecule has 0 bridgehead atoms. The maximum Gasteiger partial charge on any atom is 0.317 e. The predicted octanol–water partition coefficient (Wildman–Crippen LogP) is 2.78. The molecule has 1 unspecified atom stereocenters. The van der Waals surface area contributed by atoms with Crippen LogP contribution in [0.4, 0.5) is 4.79 Å². The lowest BCUT2D eigenvalue weighted by molar-refractivity contribution is -0.133. The molecule has 1 N–H and O–H groups in total. The highest BCUT2D eigenvalue weighted by Crippen LogP contribution is 2.33. The van der Waals surface area contributed by atoms with Gasteiger partial charge in [-0.2, -0.15) is 5.10 Å². The van der Waals surface area contributed by atoms with Gasteiger partial charge in [0.25, 0.3) is 5.91 Å². The highest BCUT2D eigenvalue weighted by Gasteiger charge is 2.35. The third-order valence-corrected chi connectivity index (χ3v) is 5.61. The van der Waals surface area contributed by atoms with Gasteiger partial charge in [0, 0.05) is 39.9 Å². The number of hydrogen-bond donors (Lipinski definition) is 1. The van der Waals surface area contributed by atoms with Crippen molar-refractivity contribution >= 4 is 17.6 Å². The number of aryl methyl sites for hydroxylation is 1. The summed E-state index contributed by atoms with van der Waals surface area (Å²) in [5.74, 6) is 0.499. The van der Waals surface area contributed by atoms with Gasteiger partial charge in [-0.15, -0.1) is 0 Å². The van der Waals surface area contributed by atoms with Crippen molar-refractivity contribution < 1.29 is 19.1 Å². The van der Waals surface area contributed by atoms with Crippen LogP contribution in [0.2, 0.25) is 0 Å². The number of methoxy groups -OCH3 is 2. The number of carbonyl (C=O) groups is 2. The van der Waals surface area contributed by atoms with Crippen LogP contribution < -0.4 is 10.1 Å². The monoisotopic (exact) mass is 455 g/mol. The van der Waals surface area contributed by atoms with Crippen LogP contribution in [0.5, 0.6) is 5.75 Å². The van der Waals surface area contributed by atoms with Crippen LogP contribution in [0.3, 0.4) is 0 Å². The molecule has 0 aliphatic carbocycles. The first-order valence-electron chi connectivity index (χ1n) is 11.1. The topological polar surface area (TPSA) is 88.4 Å². The number of urea groups is 1. The summed E-state index contributed by atoms with van der Waals surface area (Å²) in [6, 6.07) is 11.0. The van der Waals surface area contributed by atoms with Crippen molar-refractivity contribution in [3.8, 4) is 5.75 Å². The number of benzene rings is 1. The molecule has 1 aliphatic rings. The van der Waals surface area contributed by atoms with Crippen molar-refractivity contribution in [3.63, 3.8) is 0 Å². The van der Waals surface area contributed by atoms with Crippen LogP contribution in [0.1, 0.15) is 37.1 Å². The van der Waals surface area contributed by atoms with E-state index < -0.39 is 0 Å². The summed E-state index contributed by atoms with van der Waals surface area (Å²) in [7, 11) is 5.14. The summed E-state index contributed by atoms with van der Waals surface area (Å²) in [6.07, 6.45) is 3.35. The number of nitrogens with zero attached hydrogens (tertiary/aromatic N) is 4. The maximum atomic E-state index is 13.4. The van der Waals surface area contributed by atoms with Crippen LogP contribution in [0, 0.1) is 0 Å². The Kier molecular flexibility index (Phi) is 8.48. The van der Waals surface area contributed by atoms with E-state index in [1.807, 2.05) is 61.1 Å². The molecule has 0 saturated heterocycles. The molecule has 2 aromatic rings. The lowest BCUT2D eigenvalue weighted by Crippen LogP contribution is -2.47. The Bertz CT molecular complexity index is 969. The molecule has 1 atom stereocenters. The molecule has 1 aromatic heterocycles. The average Bonchev–Trinajstić information content (AvgIpc) is 3.46. The molecule has 9 heteroatoms. The van der Waals surface area contributed by atoms with Crippen LogP contribution in [-0.4, -0.2) is 72.6 Å². The smallest absolute Gasteiger partial charge is 0.317 e. The molecule has 1 aromatic carbocycles. The summed E-state index contributed by atoms with van der Waals surface area (Å²) < 4.78 is 12.4. The first kappa shape index (κ1) is 24.3. The molecule has 0 saturated carbocycles. The van der Waals surface area contributed by atoms with E-state index in [1.54, 1.807) is 14.2 Å². The SMILES string of the molecule is CCCNC(=O)N(CCOC)CC(=O)N1N=C(c2cccn2C)CC1c1ccc(OC)cc1. The van der Waals surface area contributed by atoms with Gasteiger partial charge in [-0.1, -0.05) is 19.1 Å². The molecule has 0 fully saturated rings. The number of carbonyl (C=O) groups excluding carboxylic acids is 2. The molecule has 3 rings (SSSR count). The second kappa shape index (κ2) is 11.5. The van der Waals surface area contributed by atoms with E-state index in [2.05, 4.69) is 5.32 Å². The summed E-state index contributed by atoms with van der Waals surface area (Å²) in [5.41, 5.74) is 2.74. The fourth-order valence-corrected chi connectivity index (χ4v) is 3.77. The molecule has 178 valence electrons. The lowest BCUT2D eigenvalue weighted by Gasteiger charge is -2.27. The Morgan fingerprint density at radius 2 is 1.97 bits per heavy atom. The Hall–Kier alpha value is -3.33. The predicted molar refractivity (Wildman–Crippen MR) is 126 cm³/mol. The van der Waals surface area contributed by atoms with Crippen LogP contribution in [-0.2, 0) is 16.6 Å². The van der Waals surface area contributed by atoms with Gasteiger partial charge in [0.1, 0.15) is 12.3 Å². The van der Waals surface area contributed by atoms with Gasteiger partial charge in [-0.25, -0.2) is 9.80 Å². The van der Waals surface area contributed by atoms with Crippen molar-refractivity contribution in [1.82, 2.24) is 19.8 Å². The highest BCUT2D eigenvalue weighted by molar-refractivity contribution is 6.02. The van der Waals surface area contributed by atoms with E-state index in [-0.39, 0.29) is 24.5 Å². The molecular weight excluding hydrogens is 422 g/mol. The Morgan fingerprint density at radius 1 is 1.21 bits per heavy atom. The quantitative estimate of drug-likeness (QED) is 0.597. The Morgan fingerprint density at radius 3 is 2.58 bits per heavy atom. The summed E-state index contributed by atoms with van der Waals surface area (Å²) in [4.78, 5) is 27.5. The minimum atomic E-state index is -0.283. The second-order valence-corrected chi connectivity index (χ2v) is 7.93. The van der Waals surface area contributed by atoms with E-state index >= 15 is 0 Å². The normalized spacial score (nSPS) is 15.3. The summed E-state index contributed by atoms with van der Waals surface area (Å²) in [6.45, 7) is 3.09. The fraction of sp³-hybridized carbons (Fsp3) is 0.458. The third kappa shape index (κ3) is 5.92. The molecular formula is C24H33N5O4. The first-order chi connectivity index (χ1) is 16.0. The van der Waals surface area contributed by atoms with Crippen molar-refractivity contribution in [2.75, 3.05) is 40.5 Å². The minimum absolute atomic E-state index is 0.0878. The zero-order valence-electron chi connectivity index (χ0n) is 19.8. The minimum Gasteiger partial charge on any atom is -0.497 e. The molecule has 2 heterocycles. The van der Waals surface area contributed by atoms with Gasteiger partial charge in [-0.05, 0) is 36.2 Å². The van der Waals surface area contributed by atoms with Crippen LogP contribution >= 0.6 is 0 Å². The van der Waals surface area contributed by atoms with Gasteiger partial charge in [0.15, 0.2) is 0 Å². The van der Waals surface area contributed by atoms with E-state index in [0.717, 1.165) is 29.1 Å². The van der Waals surface area contributed by atoms with Gasteiger partial charge in [-0.3, -0.25) is 4.79 Å². The lowest BCUT2D eigenvalue weighted by atomic mass is 10.0.